The lowest BCUT2D eigenvalue weighted by Gasteiger charge is -2.23. The van der Waals surface area contributed by atoms with Gasteiger partial charge in [-0.15, -0.1) is 0 Å². The summed E-state index contributed by atoms with van der Waals surface area (Å²) in [5.41, 5.74) is 0.528. The van der Waals surface area contributed by atoms with Crippen molar-refractivity contribution in [2.75, 3.05) is 24.5 Å². The minimum atomic E-state index is -0.185. The van der Waals surface area contributed by atoms with E-state index in [1.807, 2.05) is 0 Å². The third-order valence-electron chi connectivity index (χ3n) is 4.64. The van der Waals surface area contributed by atoms with Crippen LogP contribution in [0.3, 0.4) is 0 Å². The van der Waals surface area contributed by atoms with Gasteiger partial charge in [0.1, 0.15) is 6.33 Å². The molecule has 118 valence electrons. The molecule has 2 amide bonds. The Morgan fingerprint density at radius 3 is 2.83 bits per heavy atom. The number of carbonyl (C=O) groups excluding carboxylic acids is 2. The fourth-order valence-corrected chi connectivity index (χ4v) is 3.50. The highest BCUT2D eigenvalue weighted by molar-refractivity contribution is 5.96. The Kier molecular flexibility index (Phi) is 3.14. The zero-order valence-corrected chi connectivity index (χ0v) is 12.5. The van der Waals surface area contributed by atoms with Gasteiger partial charge in [-0.05, 0) is 18.6 Å². The van der Waals surface area contributed by atoms with Crippen LogP contribution in [-0.4, -0.2) is 46.3 Å². The van der Waals surface area contributed by atoms with Gasteiger partial charge in [0.05, 0.1) is 24.3 Å². The molecule has 1 unspecified atom stereocenters. The van der Waals surface area contributed by atoms with E-state index < -0.39 is 0 Å². The van der Waals surface area contributed by atoms with Gasteiger partial charge in [0.15, 0.2) is 5.76 Å². The Hall–Kier alpha value is -2.70. The van der Waals surface area contributed by atoms with Crippen LogP contribution in [0.25, 0.3) is 0 Å². The van der Waals surface area contributed by atoms with Crippen molar-refractivity contribution in [3.8, 4) is 0 Å². The number of rotatable bonds is 2. The predicted octanol–water partition coefficient (Wildman–Crippen LogP) is 1.34. The molecule has 2 aromatic rings. The van der Waals surface area contributed by atoms with E-state index in [1.165, 1.54) is 12.6 Å². The molecule has 23 heavy (non-hydrogen) atoms. The summed E-state index contributed by atoms with van der Waals surface area (Å²) in [6, 6.07) is 3.37. The maximum atomic E-state index is 12.4. The van der Waals surface area contributed by atoms with Crippen LogP contribution in [-0.2, 0) is 4.79 Å². The SMILES string of the molecule is O=C(c1ccco1)N1CCC2(CC(=O)N(c3cncnc3)C2)C1. The molecule has 2 aliphatic rings. The van der Waals surface area contributed by atoms with Crippen LogP contribution in [0.1, 0.15) is 23.4 Å². The maximum absolute atomic E-state index is 12.4. The first-order chi connectivity index (χ1) is 11.2. The van der Waals surface area contributed by atoms with Crippen molar-refractivity contribution >= 4 is 17.5 Å². The van der Waals surface area contributed by atoms with Gasteiger partial charge in [0, 0.05) is 31.5 Å². The van der Waals surface area contributed by atoms with Gasteiger partial charge in [0.25, 0.3) is 5.91 Å². The van der Waals surface area contributed by atoms with E-state index in [0.29, 0.717) is 37.5 Å². The van der Waals surface area contributed by atoms with E-state index in [2.05, 4.69) is 9.97 Å². The Labute approximate surface area is 132 Å². The van der Waals surface area contributed by atoms with Crippen molar-refractivity contribution in [1.29, 1.82) is 0 Å². The Balaban J connectivity index is 1.51. The number of amides is 2. The van der Waals surface area contributed by atoms with Crippen molar-refractivity contribution in [3.05, 3.63) is 42.9 Å². The van der Waals surface area contributed by atoms with Crippen LogP contribution in [0.4, 0.5) is 5.69 Å². The van der Waals surface area contributed by atoms with Gasteiger partial charge in [-0.25, -0.2) is 9.97 Å². The van der Waals surface area contributed by atoms with E-state index in [9.17, 15) is 9.59 Å². The van der Waals surface area contributed by atoms with Crippen LogP contribution in [0.2, 0.25) is 0 Å². The second-order valence-corrected chi connectivity index (χ2v) is 6.21. The molecule has 0 radical (unpaired) electrons. The Morgan fingerprint density at radius 2 is 2.09 bits per heavy atom. The quantitative estimate of drug-likeness (QED) is 0.836. The summed E-state index contributed by atoms with van der Waals surface area (Å²) in [6.07, 6.45) is 7.49. The molecule has 0 aliphatic carbocycles. The normalized spacial score (nSPS) is 23.9. The van der Waals surface area contributed by atoms with Crippen LogP contribution < -0.4 is 4.90 Å². The zero-order chi connectivity index (χ0) is 15.9. The van der Waals surface area contributed by atoms with Crippen molar-refractivity contribution in [1.82, 2.24) is 14.9 Å². The molecular formula is C16H16N4O3. The smallest absolute Gasteiger partial charge is 0.289 e. The maximum Gasteiger partial charge on any atom is 0.289 e. The first kappa shape index (κ1) is 13.9. The number of carbonyl (C=O) groups is 2. The van der Waals surface area contributed by atoms with Crippen LogP contribution >= 0.6 is 0 Å². The molecule has 2 aromatic heterocycles. The summed E-state index contributed by atoms with van der Waals surface area (Å²) in [5.74, 6) is 0.299. The Morgan fingerprint density at radius 1 is 1.26 bits per heavy atom. The van der Waals surface area contributed by atoms with E-state index in [1.54, 1.807) is 34.3 Å². The Bertz CT molecular complexity index is 731. The van der Waals surface area contributed by atoms with Gasteiger partial charge >= 0.3 is 0 Å². The third kappa shape index (κ3) is 2.38. The van der Waals surface area contributed by atoms with Crippen molar-refractivity contribution < 1.29 is 14.0 Å². The molecular weight excluding hydrogens is 296 g/mol. The largest absolute Gasteiger partial charge is 0.459 e. The van der Waals surface area contributed by atoms with Crippen molar-refractivity contribution in [3.63, 3.8) is 0 Å². The average Bonchev–Trinajstić information content (AvgIpc) is 3.29. The molecule has 7 heteroatoms. The molecule has 1 atom stereocenters. The van der Waals surface area contributed by atoms with Crippen molar-refractivity contribution in [2.45, 2.75) is 12.8 Å². The molecule has 2 fully saturated rings. The molecule has 0 bridgehead atoms. The van der Waals surface area contributed by atoms with E-state index in [0.717, 1.165) is 6.42 Å². The fourth-order valence-electron chi connectivity index (χ4n) is 3.50. The van der Waals surface area contributed by atoms with Crippen LogP contribution in [0, 0.1) is 5.41 Å². The number of likely N-dealkylation sites (tertiary alicyclic amines) is 1. The van der Waals surface area contributed by atoms with E-state index >= 15 is 0 Å². The van der Waals surface area contributed by atoms with E-state index in [4.69, 9.17) is 4.42 Å². The van der Waals surface area contributed by atoms with Gasteiger partial charge < -0.3 is 14.2 Å². The second kappa shape index (κ2) is 5.19. The third-order valence-corrected chi connectivity index (χ3v) is 4.64. The number of nitrogens with zero attached hydrogens (tertiary/aromatic N) is 4. The first-order valence-electron chi connectivity index (χ1n) is 7.55. The summed E-state index contributed by atoms with van der Waals surface area (Å²) in [7, 11) is 0. The summed E-state index contributed by atoms with van der Waals surface area (Å²) < 4.78 is 5.19. The summed E-state index contributed by atoms with van der Waals surface area (Å²) >= 11 is 0. The molecule has 4 rings (SSSR count). The minimum Gasteiger partial charge on any atom is -0.459 e. The first-order valence-corrected chi connectivity index (χ1v) is 7.55. The number of aromatic nitrogens is 2. The predicted molar refractivity (Wildman–Crippen MR) is 80.7 cm³/mol. The lowest BCUT2D eigenvalue weighted by atomic mass is 9.86. The number of hydrogen-bond donors (Lipinski definition) is 0. The molecule has 2 aliphatic heterocycles. The molecule has 0 saturated carbocycles. The topological polar surface area (TPSA) is 79.5 Å². The molecule has 0 N–H and O–H groups in total. The average molecular weight is 312 g/mol. The molecule has 7 nitrogen and oxygen atoms in total. The van der Waals surface area contributed by atoms with Gasteiger partial charge in [-0.3, -0.25) is 9.59 Å². The number of furan rings is 1. The number of anilines is 1. The summed E-state index contributed by atoms with van der Waals surface area (Å²) in [5, 5.41) is 0. The lowest BCUT2D eigenvalue weighted by molar-refractivity contribution is -0.117. The van der Waals surface area contributed by atoms with E-state index in [-0.39, 0.29) is 17.2 Å². The molecule has 4 heterocycles. The summed E-state index contributed by atoms with van der Waals surface area (Å²) in [6.45, 7) is 1.82. The van der Waals surface area contributed by atoms with Gasteiger partial charge in [0.2, 0.25) is 5.91 Å². The van der Waals surface area contributed by atoms with Gasteiger partial charge in [-0.2, -0.15) is 0 Å². The standard InChI is InChI=1S/C16H16N4O3/c21-14-6-16(10-20(14)12-7-17-11-18-8-12)3-4-19(9-16)15(22)13-2-1-5-23-13/h1-2,5,7-8,11H,3-4,6,9-10H2. The zero-order valence-electron chi connectivity index (χ0n) is 12.5. The highest BCUT2D eigenvalue weighted by Crippen LogP contribution is 2.41. The van der Waals surface area contributed by atoms with Crippen molar-refractivity contribution in [2.24, 2.45) is 5.41 Å². The minimum absolute atomic E-state index is 0.0621. The fraction of sp³-hybridized carbons (Fsp3) is 0.375. The van der Waals surface area contributed by atoms with Gasteiger partial charge in [-0.1, -0.05) is 0 Å². The second-order valence-electron chi connectivity index (χ2n) is 6.21. The highest BCUT2D eigenvalue weighted by Gasteiger charge is 2.49. The molecule has 0 aromatic carbocycles. The highest BCUT2D eigenvalue weighted by atomic mass is 16.3. The van der Waals surface area contributed by atoms with Crippen LogP contribution in [0.15, 0.2) is 41.5 Å². The molecule has 1 spiro atoms. The molecule has 2 saturated heterocycles. The number of hydrogen-bond acceptors (Lipinski definition) is 5. The lowest BCUT2D eigenvalue weighted by Crippen LogP contribution is -2.34. The summed E-state index contributed by atoms with van der Waals surface area (Å²) in [4.78, 5) is 36.2. The monoisotopic (exact) mass is 312 g/mol. The van der Waals surface area contributed by atoms with Crippen LogP contribution in [0.5, 0.6) is 0 Å².